The first-order chi connectivity index (χ1) is 5.94. The third kappa shape index (κ3) is 2.26. The Morgan fingerprint density at radius 3 is 2.62 bits per heavy atom. The van der Waals surface area contributed by atoms with E-state index in [-0.39, 0.29) is 12.4 Å². The molecule has 1 rings (SSSR count). The second-order valence-electron chi connectivity index (χ2n) is 3.06. The van der Waals surface area contributed by atoms with Gasteiger partial charge in [-0.1, -0.05) is 6.08 Å². The Bertz CT molecular complexity index is 310. The summed E-state index contributed by atoms with van der Waals surface area (Å²) >= 11 is 0. The third-order valence-electron chi connectivity index (χ3n) is 1.86. The molecule has 1 aliphatic heterocycles. The van der Waals surface area contributed by atoms with Crippen molar-refractivity contribution in [1.29, 1.82) is 0 Å². The van der Waals surface area contributed by atoms with Gasteiger partial charge in [0, 0.05) is 20.6 Å². The molecule has 0 aromatic carbocycles. The average Bonchev–Trinajstić information content (AvgIpc) is 2.04. The molecule has 1 heterocycles. The van der Waals surface area contributed by atoms with Crippen LogP contribution in [0.4, 0.5) is 4.39 Å². The molecule has 6 heteroatoms. The second-order valence-corrected chi connectivity index (χ2v) is 5.21. The molecular formula is C7H13FN2O2S. The van der Waals surface area contributed by atoms with Gasteiger partial charge in [-0.15, -0.1) is 0 Å². The first kappa shape index (κ1) is 10.6. The SMILES string of the molecule is CN(C)S(=O)(=O)N1CCC=C(F)C1. The van der Waals surface area contributed by atoms with Crippen LogP contribution in [-0.2, 0) is 10.2 Å². The van der Waals surface area contributed by atoms with Crippen molar-refractivity contribution in [2.24, 2.45) is 0 Å². The van der Waals surface area contributed by atoms with E-state index in [2.05, 4.69) is 0 Å². The van der Waals surface area contributed by atoms with E-state index >= 15 is 0 Å². The quantitative estimate of drug-likeness (QED) is 0.657. The van der Waals surface area contributed by atoms with Gasteiger partial charge in [0.05, 0.1) is 6.54 Å². The van der Waals surface area contributed by atoms with E-state index in [0.717, 1.165) is 8.61 Å². The Labute approximate surface area is 77.8 Å². The first-order valence-corrected chi connectivity index (χ1v) is 5.36. The number of hydrogen-bond acceptors (Lipinski definition) is 2. The molecule has 13 heavy (non-hydrogen) atoms. The van der Waals surface area contributed by atoms with Gasteiger partial charge in [-0.25, -0.2) is 4.39 Å². The number of hydrogen-bond donors (Lipinski definition) is 0. The molecule has 0 spiro atoms. The summed E-state index contributed by atoms with van der Waals surface area (Å²) in [5.41, 5.74) is 0. The average molecular weight is 208 g/mol. The monoisotopic (exact) mass is 208 g/mol. The molecule has 0 amide bonds. The van der Waals surface area contributed by atoms with Gasteiger partial charge >= 0.3 is 0 Å². The molecule has 0 bridgehead atoms. The van der Waals surface area contributed by atoms with E-state index in [1.54, 1.807) is 0 Å². The Morgan fingerprint density at radius 2 is 2.15 bits per heavy atom. The molecule has 0 unspecified atom stereocenters. The van der Waals surface area contributed by atoms with Crippen molar-refractivity contribution in [2.45, 2.75) is 6.42 Å². The molecular weight excluding hydrogens is 195 g/mol. The van der Waals surface area contributed by atoms with Crippen LogP contribution in [0.5, 0.6) is 0 Å². The van der Waals surface area contributed by atoms with Crippen molar-refractivity contribution < 1.29 is 12.8 Å². The van der Waals surface area contributed by atoms with Crippen LogP contribution in [0.25, 0.3) is 0 Å². The molecule has 1 aliphatic rings. The van der Waals surface area contributed by atoms with Gasteiger partial charge < -0.3 is 0 Å². The summed E-state index contributed by atoms with van der Waals surface area (Å²) < 4.78 is 38.0. The van der Waals surface area contributed by atoms with Crippen molar-refractivity contribution >= 4 is 10.2 Å². The lowest BCUT2D eigenvalue weighted by atomic mass is 10.3. The molecule has 0 N–H and O–H groups in total. The highest BCUT2D eigenvalue weighted by molar-refractivity contribution is 7.86. The smallest absolute Gasteiger partial charge is 0.211 e. The van der Waals surface area contributed by atoms with Crippen LogP contribution in [0.1, 0.15) is 6.42 Å². The van der Waals surface area contributed by atoms with Gasteiger partial charge in [-0.05, 0) is 6.42 Å². The molecule has 0 fully saturated rings. The molecule has 4 nitrogen and oxygen atoms in total. The van der Waals surface area contributed by atoms with E-state index in [1.807, 2.05) is 0 Å². The number of nitrogens with zero attached hydrogens (tertiary/aromatic N) is 2. The summed E-state index contributed by atoms with van der Waals surface area (Å²) in [6, 6.07) is 0. The lowest BCUT2D eigenvalue weighted by Crippen LogP contribution is -2.42. The van der Waals surface area contributed by atoms with Crippen molar-refractivity contribution in [3.63, 3.8) is 0 Å². The third-order valence-corrected chi connectivity index (χ3v) is 3.75. The first-order valence-electron chi connectivity index (χ1n) is 3.96. The fourth-order valence-electron chi connectivity index (χ4n) is 1.11. The van der Waals surface area contributed by atoms with Crippen molar-refractivity contribution in [3.05, 3.63) is 11.9 Å². The maximum atomic E-state index is 12.8. The second kappa shape index (κ2) is 3.73. The van der Waals surface area contributed by atoms with E-state index in [0.29, 0.717) is 13.0 Å². The molecule has 0 atom stereocenters. The summed E-state index contributed by atoms with van der Waals surface area (Å²) in [6.07, 6.45) is 1.86. The van der Waals surface area contributed by atoms with Crippen LogP contribution in [0, 0.1) is 0 Å². The van der Waals surface area contributed by atoms with E-state index in [9.17, 15) is 12.8 Å². The highest BCUT2D eigenvalue weighted by Gasteiger charge is 2.26. The van der Waals surface area contributed by atoms with Gasteiger partial charge in [-0.2, -0.15) is 17.0 Å². The molecule has 0 aromatic rings. The molecule has 0 aromatic heterocycles. The Balaban J connectivity index is 2.80. The Hall–Kier alpha value is -0.460. The van der Waals surface area contributed by atoms with Crippen LogP contribution in [-0.4, -0.2) is 44.2 Å². The largest absolute Gasteiger partial charge is 0.281 e. The summed E-state index contributed by atoms with van der Waals surface area (Å²) in [7, 11) is -0.575. The molecule has 0 saturated heterocycles. The summed E-state index contributed by atoms with van der Waals surface area (Å²) in [4.78, 5) is 0. The molecule has 0 aliphatic carbocycles. The van der Waals surface area contributed by atoms with Gasteiger partial charge in [0.2, 0.25) is 0 Å². The minimum absolute atomic E-state index is 0.138. The van der Waals surface area contributed by atoms with Crippen molar-refractivity contribution in [2.75, 3.05) is 27.2 Å². The van der Waals surface area contributed by atoms with Gasteiger partial charge in [0.1, 0.15) is 5.83 Å². The van der Waals surface area contributed by atoms with Crippen molar-refractivity contribution in [1.82, 2.24) is 8.61 Å². The van der Waals surface area contributed by atoms with Crippen LogP contribution in [0.3, 0.4) is 0 Å². The lowest BCUT2D eigenvalue weighted by Gasteiger charge is -2.26. The summed E-state index contributed by atoms with van der Waals surface area (Å²) in [5.74, 6) is -0.378. The van der Waals surface area contributed by atoms with Gasteiger partial charge in [0.25, 0.3) is 10.2 Å². The Morgan fingerprint density at radius 1 is 1.54 bits per heavy atom. The molecule has 0 saturated carbocycles. The van der Waals surface area contributed by atoms with E-state index in [1.165, 1.54) is 20.2 Å². The van der Waals surface area contributed by atoms with Crippen molar-refractivity contribution in [3.8, 4) is 0 Å². The Kier molecular flexibility index (Phi) is 3.05. The maximum Gasteiger partial charge on any atom is 0.281 e. The van der Waals surface area contributed by atoms with Crippen LogP contribution >= 0.6 is 0 Å². The van der Waals surface area contributed by atoms with E-state index < -0.39 is 10.2 Å². The summed E-state index contributed by atoms with van der Waals surface area (Å²) in [5, 5.41) is 0. The minimum Gasteiger partial charge on any atom is -0.211 e. The fourth-order valence-corrected chi connectivity index (χ4v) is 2.19. The van der Waals surface area contributed by atoms with E-state index in [4.69, 9.17) is 0 Å². The number of rotatable bonds is 2. The van der Waals surface area contributed by atoms with Gasteiger partial charge in [0.15, 0.2) is 0 Å². The standard InChI is InChI=1S/C7H13FN2O2S/c1-9(2)13(11,12)10-5-3-4-7(8)6-10/h4H,3,5-6H2,1-2H3. The van der Waals surface area contributed by atoms with Gasteiger partial charge in [-0.3, -0.25) is 0 Å². The fraction of sp³-hybridized carbons (Fsp3) is 0.714. The lowest BCUT2D eigenvalue weighted by molar-refractivity contribution is 0.360. The van der Waals surface area contributed by atoms with Crippen LogP contribution in [0.15, 0.2) is 11.9 Å². The molecule has 76 valence electrons. The zero-order chi connectivity index (χ0) is 10.1. The zero-order valence-corrected chi connectivity index (χ0v) is 8.51. The maximum absolute atomic E-state index is 12.8. The van der Waals surface area contributed by atoms with Crippen LogP contribution < -0.4 is 0 Å². The summed E-state index contributed by atoms with van der Waals surface area (Å²) in [6.45, 7) is 0.217. The predicted molar refractivity (Wildman–Crippen MR) is 48.0 cm³/mol. The minimum atomic E-state index is -3.45. The van der Waals surface area contributed by atoms with Crippen LogP contribution in [0.2, 0.25) is 0 Å². The molecule has 0 radical (unpaired) electrons. The normalized spacial score (nSPS) is 20.5. The highest BCUT2D eigenvalue weighted by Crippen LogP contribution is 2.15. The highest BCUT2D eigenvalue weighted by atomic mass is 32.2. The predicted octanol–water partition coefficient (Wildman–Crippen LogP) is 0.352. The topological polar surface area (TPSA) is 40.6 Å². The zero-order valence-electron chi connectivity index (χ0n) is 7.70. The number of halogens is 1.